The number of esters is 2. The van der Waals surface area contributed by atoms with Gasteiger partial charge in [0.2, 0.25) is 0 Å². The topological polar surface area (TPSA) is 52.6 Å². The highest BCUT2D eigenvalue weighted by Crippen LogP contribution is 2.33. The highest BCUT2D eigenvalue weighted by Gasteiger charge is 2.05. The number of rotatable bonds is 11. The van der Waals surface area contributed by atoms with E-state index in [0.29, 0.717) is 11.5 Å². The fourth-order valence-electron chi connectivity index (χ4n) is 3.25. The highest BCUT2D eigenvalue weighted by atomic mass is 32.2. The van der Waals surface area contributed by atoms with Gasteiger partial charge in [-0.1, -0.05) is 59.2 Å². The summed E-state index contributed by atoms with van der Waals surface area (Å²) in [6, 6.07) is 31.3. The molecule has 0 aliphatic carbocycles. The van der Waals surface area contributed by atoms with E-state index in [1.807, 2.05) is 49.4 Å². The molecule has 8 heteroatoms. The monoisotopic (exact) mass is 602 g/mol. The third kappa shape index (κ3) is 10.0. The summed E-state index contributed by atoms with van der Waals surface area (Å²) in [5.41, 5.74) is 0. The molecule has 0 aliphatic rings. The smallest absolute Gasteiger partial charge is 0.336 e. The average Bonchev–Trinajstić information content (AvgIpc) is 2.94. The molecule has 0 aliphatic heterocycles. The maximum absolute atomic E-state index is 12.3. The van der Waals surface area contributed by atoms with Crippen molar-refractivity contribution in [1.82, 2.24) is 0 Å². The second kappa shape index (κ2) is 15.5. The highest BCUT2D eigenvalue weighted by molar-refractivity contribution is 8.02. The Kier molecular flexibility index (Phi) is 11.5. The van der Waals surface area contributed by atoms with Crippen molar-refractivity contribution in [1.29, 1.82) is 0 Å². The molecule has 4 nitrogen and oxygen atoms in total. The number of thioether (sulfide) groups is 2. The van der Waals surface area contributed by atoms with E-state index in [0.717, 1.165) is 19.6 Å². The van der Waals surface area contributed by atoms with Crippen LogP contribution in [0.3, 0.4) is 0 Å². The van der Waals surface area contributed by atoms with Gasteiger partial charge in [0.25, 0.3) is 0 Å². The van der Waals surface area contributed by atoms with Crippen molar-refractivity contribution in [3.8, 4) is 11.5 Å². The summed E-state index contributed by atoms with van der Waals surface area (Å²) < 4.78 is 10.6. The van der Waals surface area contributed by atoms with Gasteiger partial charge in [0.05, 0.1) is 0 Å². The van der Waals surface area contributed by atoms with Crippen molar-refractivity contribution < 1.29 is 19.1 Å². The fourth-order valence-corrected chi connectivity index (χ4v) is 6.15. The molecule has 0 atom stereocenters. The van der Waals surface area contributed by atoms with Gasteiger partial charge in [0.15, 0.2) is 0 Å². The van der Waals surface area contributed by atoms with Crippen LogP contribution >= 0.6 is 47.0 Å². The molecule has 0 N–H and O–H groups in total. The van der Waals surface area contributed by atoms with Crippen LogP contribution in [0, 0.1) is 0 Å². The second-order valence-electron chi connectivity index (χ2n) is 8.12. The zero-order valence-corrected chi connectivity index (χ0v) is 25.1. The first kappa shape index (κ1) is 29.7. The van der Waals surface area contributed by atoms with Gasteiger partial charge in [-0.15, -0.1) is 0 Å². The first-order valence-corrected chi connectivity index (χ1v) is 15.6. The molecule has 0 heterocycles. The molecular formula is C32H26O4S4. The molecule has 40 heavy (non-hydrogen) atoms. The minimum Gasteiger partial charge on any atom is -0.427 e. The minimum absolute atomic E-state index is 0.356. The van der Waals surface area contributed by atoms with Gasteiger partial charge >= 0.3 is 11.9 Å². The third-order valence-corrected chi connectivity index (χ3v) is 8.76. The summed E-state index contributed by atoms with van der Waals surface area (Å²) in [5, 5.41) is 3.80. The minimum atomic E-state index is -0.440. The maximum atomic E-state index is 12.3. The molecule has 4 aromatic carbocycles. The zero-order chi connectivity index (χ0) is 28.2. The average molecular weight is 603 g/mol. The zero-order valence-electron chi connectivity index (χ0n) is 21.8. The van der Waals surface area contributed by atoms with Crippen molar-refractivity contribution in [2.75, 3.05) is 0 Å². The lowest BCUT2D eigenvalue weighted by atomic mass is 10.3. The van der Waals surface area contributed by atoms with Crippen LogP contribution in [-0.2, 0) is 9.59 Å². The van der Waals surface area contributed by atoms with Gasteiger partial charge in [-0.2, -0.15) is 0 Å². The van der Waals surface area contributed by atoms with Crippen molar-refractivity contribution in [2.45, 2.75) is 43.2 Å². The summed E-state index contributed by atoms with van der Waals surface area (Å²) in [4.78, 5) is 29.9. The standard InChI is InChI=1S/C32H26O4S4/c1-3-20-37-26-11-15-29(16-12-26)39-30-17-13-27(14-18-30)38-21-19-32(34)36-24-7-9-28(10-8-24)40-31-6-4-5-25(22-31)35-23(2)33/h3-22H,1-2H3/b20-3+,21-19+. The summed E-state index contributed by atoms with van der Waals surface area (Å²) in [7, 11) is 0. The lowest BCUT2D eigenvalue weighted by Gasteiger charge is -2.06. The Morgan fingerprint density at radius 1 is 0.600 bits per heavy atom. The van der Waals surface area contributed by atoms with E-state index < -0.39 is 5.97 Å². The van der Waals surface area contributed by atoms with Crippen LogP contribution < -0.4 is 9.47 Å². The number of carbonyl (C=O) groups excluding carboxylic acids is 2. The van der Waals surface area contributed by atoms with E-state index in [1.165, 1.54) is 46.3 Å². The molecule has 0 radical (unpaired) electrons. The van der Waals surface area contributed by atoms with Crippen LogP contribution in [0.25, 0.3) is 0 Å². The van der Waals surface area contributed by atoms with E-state index in [9.17, 15) is 9.59 Å². The molecule has 0 fully saturated rings. The summed E-state index contributed by atoms with van der Waals surface area (Å²) in [6.07, 6.45) is 3.45. The molecule has 4 aromatic rings. The van der Waals surface area contributed by atoms with Gasteiger partial charge in [-0.05, 0) is 109 Å². The van der Waals surface area contributed by atoms with E-state index >= 15 is 0 Å². The fraction of sp³-hybridized carbons (Fsp3) is 0.0625. The van der Waals surface area contributed by atoms with Crippen molar-refractivity contribution in [2.24, 2.45) is 0 Å². The Labute approximate surface area is 251 Å². The van der Waals surface area contributed by atoms with E-state index in [4.69, 9.17) is 9.47 Å². The Hall–Kier alpha value is -3.30. The van der Waals surface area contributed by atoms with Gasteiger partial charge in [0.1, 0.15) is 11.5 Å². The van der Waals surface area contributed by atoms with Crippen LogP contribution in [0.1, 0.15) is 13.8 Å². The van der Waals surface area contributed by atoms with Crippen LogP contribution in [0.2, 0.25) is 0 Å². The van der Waals surface area contributed by atoms with Crippen molar-refractivity contribution in [3.63, 3.8) is 0 Å². The van der Waals surface area contributed by atoms with Crippen molar-refractivity contribution in [3.05, 3.63) is 120 Å². The number of hydrogen-bond donors (Lipinski definition) is 0. The number of ether oxygens (including phenoxy) is 2. The van der Waals surface area contributed by atoms with Crippen LogP contribution in [0.4, 0.5) is 0 Å². The summed E-state index contributed by atoms with van der Waals surface area (Å²) >= 11 is 6.40. The first-order chi connectivity index (χ1) is 19.5. The van der Waals surface area contributed by atoms with Gasteiger partial charge < -0.3 is 9.47 Å². The molecule has 0 saturated carbocycles. The first-order valence-electron chi connectivity index (χ1n) is 12.2. The predicted octanol–water partition coefficient (Wildman–Crippen LogP) is 9.75. The Bertz CT molecular complexity index is 1480. The summed E-state index contributed by atoms with van der Waals surface area (Å²) in [6.45, 7) is 3.39. The molecule has 0 bridgehead atoms. The molecule has 0 aromatic heterocycles. The molecule has 0 unspecified atom stereocenters. The Morgan fingerprint density at radius 3 is 1.70 bits per heavy atom. The second-order valence-corrected chi connectivity index (χ2v) is 12.4. The summed E-state index contributed by atoms with van der Waals surface area (Å²) in [5.74, 6) is 0.173. The SMILES string of the molecule is C/C=C/Sc1ccc(Sc2ccc(S/C=C/C(=O)Oc3ccc(Sc4cccc(OC(C)=O)c4)cc3)cc2)cc1. The van der Waals surface area contributed by atoms with E-state index in [1.54, 1.807) is 53.2 Å². The third-order valence-electron chi connectivity index (χ3n) is 4.98. The Morgan fingerprint density at radius 2 is 1.12 bits per heavy atom. The number of carbonyl (C=O) groups is 2. The van der Waals surface area contributed by atoms with E-state index in [-0.39, 0.29) is 5.97 Å². The molecule has 0 spiro atoms. The number of allylic oxidation sites excluding steroid dienone is 1. The molecular weight excluding hydrogens is 577 g/mol. The van der Waals surface area contributed by atoms with Crippen LogP contribution in [-0.4, -0.2) is 11.9 Å². The van der Waals surface area contributed by atoms with Crippen LogP contribution in [0.15, 0.2) is 149 Å². The number of hydrogen-bond acceptors (Lipinski definition) is 8. The van der Waals surface area contributed by atoms with Crippen molar-refractivity contribution >= 4 is 59.0 Å². The molecule has 0 saturated heterocycles. The van der Waals surface area contributed by atoms with Crippen LogP contribution in [0.5, 0.6) is 11.5 Å². The lowest BCUT2D eigenvalue weighted by Crippen LogP contribution is -2.03. The van der Waals surface area contributed by atoms with E-state index in [2.05, 4.69) is 41.8 Å². The molecule has 202 valence electrons. The predicted molar refractivity (Wildman–Crippen MR) is 167 cm³/mol. The molecule has 0 amide bonds. The quantitative estimate of drug-likeness (QED) is 0.0728. The van der Waals surface area contributed by atoms with Gasteiger partial charge in [0, 0.05) is 42.4 Å². The Balaban J connectivity index is 1.23. The van der Waals surface area contributed by atoms with Gasteiger partial charge in [-0.25, -0.2) is 4.79 Å². The largest absolute Gasteiger partial charge is 0.427 e. The maximum Gasteiger partial charge on any atom is 0.336 e. The number of benzene rings is 4. The normalized spacial score (nSPS) is 11.2. The molecule has 4 rings (SSSR count). The van der Waals surface area contributed by atoms with Gasteiger partial charge in [-0.3, -0.25) is 4.79 Å². The lowest BCUT2D eigenvalue weighted by molar-refractivity contribution is -0.132.